The Kier molecular flexibility index (Phi) is 12.5. The van der Waals surface area contributed by atoms with Gasteiger partial charge in [0.25, 0.3) is 0 Å². The fraction of sp³-hybridized carbons (Fsp3) is 0.444. The lowest BCUT2D eigenvalue weighted by molar-refractivity contribution is -0.121. The van der Waals surface area contributed by atoms with Crippen molar-refractivity contribution < 1.29 is 14.3 Å². The van der Waals surface area contributed by atoms with Crippen LogP contribution in [0.15, 0.2) is 52.0 Å². The molecule has 0 saturated heterocycles. The maximum absolute atomic E-state index is 12.6. The van der Waals surface area contributed by atoms with Crippen molar-refractivity contribution in [2.75, 3.05) is 0 Å². The number of hydrogen-bond acceptors (Lipinski definition) is 4. The van der Waals surface area contributed by atoms with Gasteiger partial charge in [-0.1, -0.05) is 92.4 Å². The molecule has 2 aromatic rings. The summed E-state index contributed by atoms with van der Waals surface area (Å²) in [7, 11) is 0. The average molecular weight is 515 g/mol. The average Bonchev–Trinajstić information content (AvgIpc) is 2.80. The van der Waals surface area contributed by atoms with Gasteiger partial charge in [-0.2, -0.15) is 5.10 Å². The molecule has 2 rings (SSSR count). The second kappa shape index (κ2) is 15.4. The number of aryl methyl sites for hydroxylation is 1. The highest BCUT2D eigenvalue weighted by Gasteiger charge is 2.13. The summed E-state index contributed by atoms with van der Waals surface area (Å²) in [6.45, 7) is 4.10. The first-order valence-corrected chi connectivity index (χ1v) is 12.7. The third kappa shape index (κ3) is 10.3. The summed E-state index contributed by atoms with van der Waals surface area (Å²) in [6, 6.07) is 12.6. The number of esters is 1. The van der Waals surface area contributed by atoms with Crippen molar-refractivity contribution in [3.05, 3.63) is 63.6 Å². The second-order valence-electron chi connectivity index (χ2n) is 8.26. The molecule has 0 aromatic heterocycles. The molecule has 6 heteroatoms. The van der Waals surface area contributed by atoms with Crippen LogP contribution in [0.4, 0.5) is 0 Å². The molecule has 0 aliphatic carbocycles. The number of halogens is 1. The fourth-order valence-electron chi connectivity index (χ4n) is 3.50. The summed E-state index contributed by atoms with van der Waals surface area (Å²) >= 11 is 3.42. The SMILES string of the molecule is CCCCCCCCCCCC(=O)N/N=C\c1cc(Br)ccc1OC(=O)c1ccccc1C. The minimum absolute atomic E-state index is 0.109. The molecule has 2 aromatic carbocycles. The Labute approximate surface area is 206 Å². The standard InChI is InChI=1S/C27H35BrN2O3/c1-3-4-5-6-7-8-9-10-11-16-26(31)30-29-20-22-19-23(28)17-18-25(22)33-27(32)24-15-13-12-14-21(24)2/h12-15,17-20H,3-11,16H2,1-2H3,(H,30,31)/b29-20-. The van der Waals surface area contributed by atoms with Crippen LogP contribution < -0.4 is 10.2 Å². The predicted molar refractivity (Wildman–Crippen MR) is 138 cm³/mol. The number of ether oxygens (including phenoxy) is 1. The van der Waals surface area contributed by atoms with Gasteiger partial charge in [0.15, 0.2) is 0 Å². The number of amides is 1. The third-order valence-corrected chi connectivity index (χ3v) is 5.93. The van der Waals surface area contributed by atoms with Crippen molar-refractivity contribution >= 4 is 34.0 Å². The molecule has 0 atom stereocenters. The lowest BCUT2D eigenvalue weighted by Crippen LogP contribution is -2.17. The van der Waals surface area contributed by atoms with Gasteiger partial charge >= 0.3 is 5.97 Å². The number of benzene rings is 2. The predicted octanol–water partition coefficient (Wildman–Crippen LogP) is 7.35. The molecule has 0 aliphatic heterocycles. The highest BCUT2D eigenvalue weighted by atomic mass is 79.9. The minimum Gasteiger partial charge on any atom is -0.422 e. The van der Waals surface area contributed by atoms with Gasteiger partial charge in [-0.3, -0.25) is 4.79 Å². The third-order valence-electron chi connectivity index (χ3n) is 5.44. The number of unbranched alkanes of at least 4 members (excludes halogenated alkanes) is 8. The van der Waals surface area contributed by atoms with Gasteiger partial charge in [-0.15, -0.1) is 0 Å². The quantitative estimate of drug-likeness (QED) is 0.0941. The number of carbonyl (C=O) groups is 2. The van der Waals surface area contributed by atoms with Gasteiger partial charge in [-0.25, -0.2) is 10.2 Å². The smallest absolute Gasteiger partial charge is 0.343 e. The van der Waals surface area contributed by atoms with Crippen LogP contribution >= 0.6 is 15.9 Å². The van der Waals surface area contributed by atoms with Crippen molar-refractivity contribution in [3.63, 3.8) is 0 Å². The molecule has 1 amide bonds. The minimum atomic E-state index is -0.431. The number of nitrogens with zero attached hydrogens (tertiary/aromatic N) is 1. The molecule has 0 spiro atoms. The highest BCUT2D eigenvalue weighted by molar-refractivity contribution is 9.10. The Morgan fingerprint density at radius 1 is 0.970 bits per heavy atom. The van der Waals surface area contributed by atoms with Crippen LogP contribution in [0.25, 0.3) is 0 Å². The first-order valence-electron chi connectivity index (χ1n) is 11.9. The van der Waals surface area contributed by atoms with Gasteiger partial charge < -0.3 is 4.74 Å². The topological polar surface area (TPSA) is 67.8 Å². The summed E-state index contributed by atoms with van der Waals surface area (Å²) in [4.78, 5) is 24.6. The van der Waals surface area contributed by atoms with Crippen LogP contribution in [0.1, 0.15) is 92.6 Å². The molecule has 0 radical (unpaired) electrons. The molecule has 1 N–H and O–H groups in total. The Hall–Kier alpha value is -2.47. The summed E-state index contributed by atoms with van der Waals surface area (Å²) < 4.78 is 6.41. The van der Waals surface area contributed by atoms with Gasteiger partial charge in [0.1, 0.15) is 5.75 Å². The molecule has 0 saturated carbocycles. The molecule has 0 aliphatic rings. The monoisotopic (exact) mass is 514 g/mol. The Morgan fingerprint density at radius 3 is 2.33 bits per heavy atom. The van der Waals surface area contributed by atoms with Crippen molar-refractivity contribution in [2.45, 2.75) is 78.1 Å². The van der Waals surface area contributed by atoms with Gasteiger partial charge in [0.2, 0.25) is 5.91 Å². The van der Waals surface area contributed by atoms with E-state index >= 15 is 0 Å². The second-order valence-corrected chi connectivity index (χ2v) is 9.17. The Morgan fingerprint density at radius 2 is 1.64 bits per heavy atom. The summed E-state index contributed by atoms with van der Waals surface area (Å²) in [5, 5.41) is 4.06. The van der Waals surface area contributed by atoms with Crippen molar-refractivity contribution in [3.8, 4) is 5.75 Å². The van der Waals surface area contributed by atoms with Crippen molar-refractivity contribution in [1.29, 1.82) is 0 Å². The molecule has 0 fully saturated rings. The van der Waals surface area contributed by atoms with E-state index in [1.807, 2.05) is 19.1 Å². The maximum Gasteiger partial charge on any atom is 0.343 e. The van der Waals surface area contributed by atoms with E-state index in [2.05, 4.69) is 33.4 Å². The number of rotatable bonds is 14. The van der Waals surface area contributed by atoms with Crippen molar-refractivity contribution in [2.24, 2.45) is 5.10 Å². The lowest BCUT2D eigenvalue weighted by Gasteiger charge is -2.09. The van der Waals surface area contributed by atoms with E-state index in [0.29, 0.717) is 23.3 Å². The zero-order valence-electron chi connectivity index (χ0n) is 19.7. The summed E-state index contributed by atoms with van der Waals surface area (Å²) in [5.74, 6) is -0.162. The first-order chi connectivity index (χ1) is 16.0. The zero-order chi connectivity index (χ0) is 23.9. The highest BCUT2D eigenvalue weighted by Crippen LogP contribution is 2.23. The molecule has 0 bridgehead atoms. The van der Waals surface area contributed by atoms with Crippen LogP contribution in [0.2, 0.25) is 0 Å². The molecule has 5 nitrogen and oxygen atoms in total. The molecule has 0 unspecified atom stereocenters. The van der Waals surface area contributed by atoms with E-state index < -0.39 is 5.97 Å². The Balaban J connectivity index is 1.78. The van der Waals surface area contributed by atoms with E-state index in [-0.39, 0.29) is 5.91 Å². The lowest BCUT2D eigenvalue weighted by atomic mass is 10.1. The van der Waals surface area contributed by atoms with E-state index in [0.717, 1.165) is 22.9 Å². The van der Waals surface area contributed by atoms with Crippen LogP contribution in [0.3, 0.4) is 0 Å². The van der Waals surface area contributed by atoms with Gasteiger partial charge in [0.05, 0.1) is 11.8 Å². The van der Waals surface area contributed by atoms with Crippen molar-refractivity contribution in [1.82, 2.24) is 5.43 Å². The summed E-state index contributed by atoms with van der Waals surface area (Å²) in [5.41, 5.74) is 4.52. The Bertz CT molecular complexity index is 927. The van der Waals surface area contributed by atoms with E-state index in [9.17, 15) is 9.59 Å². The summed E-state index contributed by atoms with van der Waals surface area (Å²) in [6.07, 6.45) is 12.9. The van der Waals surface area contributed by atoms with Gasteiger partial charge in [-0.05, 0) is 43.2 Å². The van der Waals surface area contributed by atoms with E-state index in [1.54, 1.807) is 30.3 Å². The van der Waals surface area contributed by atoms with Crippen LogP contribution in [-0.4, -0.2) is 18.1 Å². The van der Waals surface area contributed by atoms with E-state index in [4.69, 9.17) is 4.74 Å². The zero-order valence-corrected chi connectivity index (χ0v) is 21.3. The molecule has 33 heavy (non-hydrogen) atoms. The van der Waals surface area contributed by atoms with Crippen LogP contribution in [0, 0.1) is 6.92 Å². The largest absolute Gasteiger partial charge is 0.422 e. The molecular formula is C27H35BrN2O3. The molecule has 178 valence electrons. The fourth-order valence-corrected chi connectivity index (χ4v) is 3.87. The number of hydrogen-bond donors (Lipinski definition) is 1. The van der Waals surface area contributed by atoms with Crippen LogP contribution in [0.5, 0.6) is 5.75 Å². The van der Waals surface area contributed by atoms with Crippen LogP contribution in [-0.2, 0) is 4.79 Å². The molecular weight excluding hydrogens is 480 g/mol. The first kappa shape index (κ1) is 26.8. The number of hydrazone groups is 1. The van der Waals surface area contributed by atoms with E-state index in [1.165, 1.54) is 51.2 Å². The molecule has 0 heterocycles. The normalized spacial score (nSPS) is 11.0. The van der Waals surface area contributed by atoms with Gasteiger partial charge in [0, 0.05) is 16.5 Å². The number of carbonyl (C=O) groups excluding carboxylic acids is 2. The number of nitrogens with one attached hydrogen (secondary N) is 1. The maximum atomic E-state index is 12.6.